The highest BCUT2D eigenvalue weighted by Crippen LogP contribution is 2.14. The van der Waals surface area contributed by atoms with Gasteiger partial charge in [-0.2, -0.15) is 8.42 Å². The van der Waals surface area contributed by atoms with Gasteiger partial charge in [-0.15, -0.1) is 0 Å². The van der Waals surface area contributed by atoms with Gasteiger partial charge in [-0.05, 0) is 57.8 Å². The van der Waals surface area contributed by atoms with Crippen LogP contribution in [0.1, 0.15) is 206 Å². The molecular formula is C42H79NO5S. The first-order valence-corrected chi connectivity index (χ1v) is 22.3. The summed E-state index contributed by atoms with van der Waals surface area (Å²) in [5.41, 5.74) is 0. The van der Waals surface area contributed by atoms with Crippen LogP contribution in [0.5, 0.6) is 0 Å². The number of allylic oxidation sites excluding steroid dienone is 5. The maximum Gasteiger partial charge on any atom is 0.267 e. The van der Waals surface area contributed by atoms with E-state index in [4.69, 9.17) is 0 Å². The molecule has 0 aromatic carbocycles. The van der Waals surface area contributed by atoms with Gasteiger partial charge in [0.1, 0.15) is 0 Å². The molecule has 0 heterocycles. The first kappa shape index (κ1) is 47.6. The van der Waals surface area contributed by atoms with E-state index in [-0.39, 0.29) is 12.3 Å². The van der Waals surface area contributed by atoms with E-state index in [2.05, 4.69) is 43.5 Å². The van der Waals surface area contributed by atoms with Crippen LogP contribution in [0.2, 0.25) is 0 Å². The van der Waals surface area contributed by atoms with Crippen LogP contribution in [-0.2, 0) is 14.9 Å². The van der Waals surface area contributed by atoms with Crippen LogP contribution in [0.4, 0.5) is 0 Å². The molecular weight excluding hydrogens is 631 g/mol. The normalized spacial score (nSPS) is 13.6. The van der Waals surface area contributed by atoms with E-state index in [1.54, 1.807) is 0 Å². The largest absolute Gasteiger partial charge is 0.387 e. The Morgan fingerprint density at radius 2 is 0.878 bits per heavy atom. The second kappa shape index (κ2) is 36.4. The van der Waals surface area contributed by atoms with Gasteiger partial charge < -0.3 is 10.4 Å². The Morgan fingerprint density at radius 1 is 0.531 bits per heavy atom. The third-order valence-corrected chi connectivity index (χ3v) is 10.1. The minimum atomic E-state index is -4.35. The van der Waals surface area contributed by atoms with Crippen molar-refractivity contribution in [3.05, 3.63) is 36.5 Å². The van der Waals surface area contributed by atoms with E-state index >= 15 is 0 Å². The number of carbonyl (C=O) groups excluding carboxylic acids is 1. The van der Waals surface area contributed by atoms with Crippen molar-refractivity contribution in [2.75, 3.05) is 5.75 Å². The van der Waals surface area contributed by atoms with Gasteiger partial charge in [0.2, 0.25) is 5.91 Å². The van der Waals surface area contributed by atoms with E-state index in [0.717, 1.165) is 51.4 Å². The average molecular weight is 710 g/mol. The zero-order valence-electron chi connectivity index (χ0n) is 32.1. The van der Waals surface area contributed by atoms with E-state index in [0.29, 0.717) is 6.42 Å². The van der Waals surface area contributed by atoms with Gasteiger partial charge >= 0.3 is 0 Å². The minimum absolute atomic E-state index is 0.278. The standard InChI is InChI=1S/C42H79NO5S/c1-3-5-7-9-11-13-15-17-18-19-20-21-22-23-24-26-27-29-31-33-35-37-41(44)40(39-49(46,47)48)43-42(45)38-36-34-32-30-28-25-16-14-12-10-8-6-4-2/h14,16,27,29,35,37,40-41,44H,3-13,15,17-26,28,30-34,36,38-39H2,1-2H3,(H,43,45)(H,46,47,48)/b16-14-,29-27+,37-35+. The molecule has 6 nitrogen and oxygen atoms in total. The Hall–Kier alpha value is -1.44. The number of carbonyl (C=O) groups is 1. The molecule has 0 aliphatic heterocycles. The summed E-state index contributed by atoms with van der Waals surface area (Å²) in [6, 6.07) is -1.08. The lowest BCUT2D eigenvalue weighted by Crippen LogP contribution is -2.46. The topological polar surface area (TPSA) is 104 Å². The summed E-state index contributed by atoms with van der Waals surface area (Å²) in [5, 5.41) is 13.2. The van der Waals surface area contributed by atoms with Gasteiger partial charge in [0.15, 0.2) is 0 Å². The molecule has 0 saturated heterocycles. The molecule has 0 bridgehead atoms. The summed E-state index contributed by atoms with van der Waals surface area (Å²) >= 11 is 0. The molecule has 2 unspecified atom stereocenters. The molecule has 0 aromatic heterocycles. The Balaban J connectivity index is 3.95. The molecule has 0 aliphatic carbocycles. The Kier molecular flexibility index (Phi) is 35.3. The maximum atomic E-state index is 12.5. The van der Waals surface area contributed by atoms with Crippen molar-refractivity contribution in [2.45, 2.75) is 219 Å². The van der Waals surface area contributed by atoms with E-state index in [9.17, 15) is 22.9 Å². The van der Waals surface area contributed by atoms with E-state index in [1.807, 2.05) is 6.08 Å². The fraction of sp³-hybridized carbons (Fsp3) is 0.833. The number of hydrogen-bond acceptors (Lipinski definition) is 4. The lowest BCUT2D eigenvalue weighted by molar-refractivity contribution is -0.122. The van der Waals surface area contributed by atoms with Crippen molar-refractivity contribution in [3.8, 4) is 0 Å². The second-order valence-corrected chi connectivity index (χ2v) is 15.8. The molecule has 0 saturated carbocycles. The van der Waals surface area contributed by atoms with Crippen LogP contribution in [-0.4, -0.2) is 41.9 Å². The molecule has 2 atom stereocenters. The summed E-state index contributed by atoms with van der Waals surface area (Å²) in [6.45, 7) is 4.51. The van der Waals surface area contributed by atoms with Gasteiger partial charge in [0.05, 0.1) is 17.9 Å². The van der Waals surface area contributed by atoms with Crippen LogP contribution < -0.4 is 5.32 Å². The number of aliphatic hydroxyl groups is 1. The van der Waals surface area contributed by atoms with Crippen molar-refractivity contribution in [3.63, 3.8) is 0 Å². The van der Waals surface area contributed by atoms with Gasteiger partial charge in [-0.25, -0.2) is 0 Å². The lowest BCUT2D eigenvalue weighted by atomic mass is 10.0. The number of hydrogen-bond donors (Lipinski definition) is 3. The van der Waals surface area contributed by atoms with Gasteiger partial charge in [-0.1, -0.05) is 179 Å². The van der Waals surface area contributed by atoms with Crippen molar-refractivity contribution >= 4 is 16.0 Å². The molecule has 0 aromatic rings. The number of unbranched alkanes of at least 4 members (excludes halogenated alkanes) is 25. The van der Waals surface area contributed by atoms with Gasteiger partial charge in [0, 0.05) is 6.42 Å². The highest BCUT2D eigenvalue weighted by Gasteiger charge is 2.24. The van der Waals surface area contributed by atoms with Crippen molar-refractivity contribution in [1.82, 2.24) is 5.32 Å². The quantitative estimate of drug-likeness (QED) is 0.0338. The molecule has 0 fully saturated rings. The monoisotopic (exact) mass is 710 g/mol. The van der Waals surface area contributed by atoms with Crippen molar-refractivity contribution in [2.24, 2.45) is 0 Å². The maximum absolute atomic E-state index is 12.5. The molecule has 288 valence electrons. The summed E-state index contributed by atoms with van der Waals surface area (Å²) < 4.78 is 32.4. The van der Waals surface area contributed by atoms with Crippen LogP contribution in [0.15, 0.2) is 36.5 Å². The van der Waals surface area contributed by atoms with E-state index in [1.165, 1.54) is 134 Å². The second-order valence-electron chi connectivity index (χ2n) is 14.3. The first-order valence-electron chi connectivity index (χ1n) is 20.7. The predicted molar refractivity (Wildman–Crippen MR) is 212 cm³/mol. The Labute approximate surface area is 304 Å². The molecule has 0 spiro atoms. The van der Waals surface area contributed by atoms with E-state index < -0.39 is 28.0 Å². The third-order valence-electron chi connectivity index (χ3n) is 9.29. The predicted octanol–water partition coefficient (Wildman–Crippen LogP) is 12.1. The molecule has 49 heavy (non-hydrogen) atoms. The number of rotatable bonds is 37. The van der Waals surface area contributed by atoms with Crippen molar-refractivity contribution < 1.29 is 22.9 Å². The molecule has 1 amide bonds. The zero-order valence-corrected chi connectivity index (χ0v) is 32.9. The lowest BCUT2D eigenvalue weighted by Gasteiger charge is -2.21. The highest BCUT2D eigenvalue weighted by molar-refractivity contribution is 7.85. The van der Waals surface area contributed by atoms with Crippen molar-refractivity contribution in [1.29, 1.82) is 0 Å². The summed E-state index contributed by atoms with van der Waals surface area (Å²) in [4.78, 5) is 12.5. The molecule has 3 N–H and O–H groups in total. The Bertz CT molecular complexity index is 914. The van der Waals surface area contributed by atoms with Gasteiger partial charge in [0.25, 0.3) is 10.1 Å². The molecule has 0 radical (unpaired) electrons. The summed E-state index contributed by atoms with van der Waals surface area (Å²) in [7, 11) is -4.35. The van der Waals surface area contributed by atoms with Crippen LogP contribution in [0.3, 0.4) is 0 Å². The SMILES string of the molecule is CCCCCC/C=C\CCCCCCCC(=O)NC(CS(=O)(=O)O)C(O)/C=C/CC/C=C/CCCCCCCCCCCCCCCCC. The minimum Gasteiger partial charge on any atom is -0.387 e. The zero-order chi connectivity index (χ0) is 36.1. The number of aliphatic hydroxyl groups excluding tert-OH is 1. The third kappa shape index (κ3) is 37.6. The number of nitrogens with one attached hydrogen (secondary N) is 1. The van der Waals surface area contributed by atoms with Crippen LogP contribution in [0.25, 0.3) is 0 Å². The average Bonchev–Trinajstić information content (AvgIpc) is 3.06. The van der Waals surface area contributed by atoms with Gasteiger partial charge in [-0.3, -0.25) is 9.35 Å². The fourth-order valence-electron chi connectivity index (χ4n) is 6.17. The molecule has 0 rings (SSSR count). The molecule has 0 aliphatic rings. The Morgan fingerprint density at radius 3 is 1.31 bits per heavy atom. The summed E-state index contributed by atoms with van der Waals surface area (Å²) in [5.74, 6) is -1.01. The molecule has 7 heteroatoms. The van der Waals surface area contributed by atoms with Crippen LogP contribution >= 0.6 is 0 Å². The highest BCUT2D eigenvalue weighted by atomic mass is 32.2. The smallest absolute Gasteiger partial charge is 0.267 e. The summed E-state index contributed by atoms with van der Waals surface area (Å²) in [6.07, 6.45) is 47.1. The van der Waals surface area contributed by atoms with Crippen LogP contribution in [0, 0.1) is 0 Å². The first-order chi connectivity index (χ1) is 23.8. The number of amides is 1. The fourth-order valence-corrected chi connectivity index (χ4v) is 6.90.